The van der Waals surface area contributed by atoms with E-state index in [-0.39, 0.29) is 12.0 Å². The third-order valence-electron chi connectivity index (χ3n) is 1.99. The third kappa shape index (κ3) is 1.88. The fraction of sp³-hybridized carbons (Fsp3) is 0.714. The molecule has 11 heavy (non-hydrogen) atoms. The fourth-order valence-corrected chi connectivity index (χ4v) is 1.37. The van der Waals surface area contributed by atoms with Gasteiger partial charge in [0, 0.05) is 0 Å². The lowest BCUT2D eigenvalue weighted by molar-refractivity contribution is -0.141. The molecule has 0 unspecified atom stereocenters. The molecule has 1 fully saturated rings. The highest BCUT2D eigenvalue weighted by molar-refractivity contribution is 5.70. The minimum Gasteiger partial charge on any atom is -0.481 e. The molecule has 1 N–H and O–H groups in total. The highest BCUT2D eigenvalue weighted by Gasteiger charge is 2.29. The second kappa shape index (κ2) is 3.30. The van der Waals surface area contributed by atoms with E-state index in [9.17, 15) is 9.59 Å². The highest BCUT2D eigenvalue weighted by atomic mass is 16.4. The standard InChI is InChI=1S/C7H9NO3/c9-4-8-6-2-1-5(3-6)7(10)11/h5-6H,1-3H2,(H,10,11)/t5-,6+/m1/s1. The summed E-state index contributed by atoms with van der Waals surface area (Å²) in [4.78, 5) is 23.7. The molecule has 0 aromatic carbocycles. The second-order valence-corrected chi connectivity index (χ2v) is 2.72. The Kier molecular flexibility index (Phi) is 2.39. The van der Waals surface area contributed by atoms with Gasteiger partial charge < -0.3 is 5.11 Å². The molecule has 0 spiro atoms. The van der Waals surface area contributed by atoms with Crippen molar-refractivity contribution in [2.45, 2.75) is 25.3 Å². The van der Waals surface area contributed by atoms with Crippen molar-refractivity contribution < 1.29 is 14.7 Å². The van der Waals surface area contributed by atoms with Gasteiger partial charge in [0.2, 0.25) is 6.08 Å². The SMILES string of the molecule is O=C=N[C@H]1CC[C@@H](C(=O)O)C1. The Balaban J connectivity index is 2.46. The van der Waals surface area contributed by atoms with Gasteiger partial charge in [-0.05, 0) is 19.3 Å². The molecule has 4 nitrogen and oxygen atoms in total. The molecule has 2 atom stereocenters. The normalized spacial score (nSPS) is 29.5. The molecule has 0 aliphatic heterocycles. The quantitative estimate of drug-likeness (QED) is 0.468. The first-order chi connectivity index (χ1) is 5.24. The molecule has 1 saturated carbocycles. The molecule has 1 aliphatic rings. The van der Waals surface area contributed by atoms with Crippen LogP contribution in [0.5, 0.6) is 0 Å². The largest absolute Gasteiger partial charge is 0.481 e. The maximum Gasteiger partial charge on any atom is 0.306 e. The van der Waals surface area contributed by atoms with Crippen LogP contribution in [0.15, 0.2) is 4.99 Å². The summed E-state index contributed by atoms with van der Waals surface area (Å²) in [6.45, 7) is 0. The van der Waals surface area contributed by atoms with Crippen molar-refractivity contribution in [3.8, 4) is 0 Å². The summed E-state index contributed by atoms with van der Waals surface area (Å²) in [5.74, 6) is -1.09. The number of aliphatic imine (C=N–C) groups is 1. The van der Waals surface area contributed by atoms with Crippen LogP contribution in [-0.2, 0) is 9.59 Å². The summed E-state index contributed by atoms with van der Waals surface area (Å²) in [5, 5.41) is 8.56. The van der Waals surface area contributed by atoms with Crippen LogP contribution in [0.1, 0.15) is 19.3 Å². The molecule has 0 radical (unpaired) electrons. The van der Waals surface area contributed by atoms with E-state index in [4.69, 9.17) is 5.11 Å². The first kappa shape index (κ1) is 7.95. The first-order valence-electron chi connectivity index (χ1n) is 3.54. The number of carboxylic acid groups (broad SMARTS) is 1. The van der Waals surface area contributed by atoms with E-state index < -0.39 is 5.97 Å². The van der Waals surface area contributed by atoms with Gasteiger partial charge in [0.1, 0.15) is 0 Å². The second-order valence-electron chi connectivity index (χ2n) is 2.72. The van der Waals surface area contributed by atoms with E-state index in [1.807, 2.05) is 0 Å². The Morgan fingerprint density at radius 2 is 2.27 bits per heavy atom. The molecular weight excluding hydrogens is 146 g/mol. The van der Waals surface area contributed by atoms with Crippen LogP contribution in [0, 0.1) is 5.92 Å². The predicted molar refractivity (Wildman–Crippen MR) is 36.9 cm³/mol. The van der Waals surface area contributed by atoms with Gasteiger partial charge in [0.25, 0.3) is 0 Å². The zero-order valence-corrected chi connectivity index (χ0v) is 5.99. The van der Waals surface area contributed by atoms with Crippen LogP contribution in [0.4, 0.5) is 0 Å². The molecule has 4 heteroatoms. The molecule has 0 amide bonds. The van der Waals surface area contributed by atoms with Gasteiger partial charge in [-0.25, -0.2) is 9.79 Å². The molecule has 0 saturated heterocycles. The van der Waals surface area contributed by atoms with Crippen LogP contribution in [0.2, 0.25) is 0 Å². The van der Waals surface area contributed by atoms with Crippen LogP contribution in [0.25, 0.3) is 0 Å². The van der Waals surface area contributed by atoms with E-state index in [1.54, 1.807) is 0 Å². The number of nitrogens with zero attached hydrogens (tertiary/aromatic N) is 1. The fourth-order valence-electron chi connectivity index (χ4n) is 1.37. The number of rotatable bonds is 2. The van der Waals surface area contributed by atoms with E-state index in [0.29, 0.717) is 19.3 Å². The van der Waals surface area contributed by atoms with Crippen LogP contribution in [-0.4, -0.2) is 23.2 Å². The number of hydrogen-bond acceptors (Lipinski definition) is 3. The Morgan fingerprint density at radius 3 is 2.73 bits per heavy atom. The Morgan fingerprint density at radius 1 is 1.55 bits per heavy atom. The van der Waals surface area contributed by atoms with Crippen LogP contribution in [0.3, 0.4) is 0 Å². The summed E-state index contributed by atoms with van der Waals surface area (Å²) in [7, 11) is 0. The molecule has 0 aromatic rings. The van der Waals surface area contributed by atoms with E-state index >= 15 is 0 Å². The lowest BCUT2D eigenvalue weighted by atomic mass is 10.1. The van der Waals surface area contributed by atoms with Crippen molar-refractivity contribution in [3.63, 3.8) is 0 Å². The smallest absolute Gasteiger partial charge is 0.306 e. The third-order valence-corrected chi connectivity index (χ3v) is 1.99. The predicted octanol–water partition coefficient (Wildman–Crippen LogP) is 0.576. The molecule has 0 aromatic heterocycles. The Bertz CT molecular complexity index is 200. The number of aliphatic carboxylic acids is 1. The maximum absolute atomic E-state index is 10.4. The van der Waals surface area contributed by atoms with Gasteiger partial charge >= 0.3 is 5.97 Å². The number of carbonyl (C=O) groups excluding carboxylic acids is 1. The van der Waals surface area contributed by atoms with E-state index in [1.165, 1.54) is 6.08 Å². The van der Waals surface area contributed by atoms with E-state index in [0.717, 1.165) is 0 Å². The summed E-state index contributed by atoms with van der Waals surface area (Å²) in [5.41, 5.74) is 0. The van der Waals surface area contributed by atoms with Crippen molar-refractivity contribution in [1.82, 2.24) is 0 Å². The molecule has 0 bridgehead atoms. The van der Waals surface area contributed by atoms with Gasteiger partial charge in [-0.3, -0.25) is 4.79 Å². The summed E-state index contributed by atoms with van der Waals surface area (Å²) < 4.78 is 0. The van der Waals surface area contributed by atoms with Crippen molar-refractivity contribution >= 4 is 12.0 Å². The minimum atomic E-state index is -0.784. The number of carbonyl (C=O) groups is 1. The molecule has 1 rings (SSSR count). The molecule has 60 valence electrons. The zero-order chi connectivity index (χ0) is 8.27. The number of hydrogen-bond donors (Lipinski definition) is 1. The lowest BCUT2D eigenvalue weighted by Crippen LogP contribution is -2.10. The van der Waals surface area contributed by atoms with Crippen molar-refractivity contribution in [2.24, 2.45) is 10.9 Å². The van der Waals surface area contributed by atoms with Crippen molar-refractivity contribution in [2.75, 3.05) is 0 Å². The van der Waals surface area contributed by atoms with Gasteiger partial charge in [-0.2, -0.15) is 0 Å². The Labute approximate surface area is 63.9 Å². The maximum atomic E-state index is 10.4. The highest BCUT2D eigenvalue weighted by Crippen LogP contribution is 2.27. The Hall–Kier alpha value is -1.15. The number of carboxylic acids is 1. The molecule has 0 heterocycles. The van der Waals surface area contributed by atoms with Crippen LogP contribution < -0.4 is 0 Å². The average molecular weight is 155 g/mol. The zero-order valence-electron chi connectivity index (χ0n) is 5.99. The summed E-state index contributed by atoms with van der Waals surface area (Å²) >= 11 is 0. The monoisotopic (exact) mass is 155 g/mol. The molecule has 1 aliphatic carbocycles. The van der Waals surface area contributed by atoms with Crippen molar-refractivity contribution in [3.05, 3.63) is 0 Å². The van der Waals surface area contributed by atoms with Gasteiger partial charge in [-0.15, -0.1) is 0 Å². The van der Waals surface area contributed by atoms with Crippen LogP contribution >= 0.6 is 0 Å². The van der Waals surface area contributed by atoms with Gasteiger partial charge in [-0.1, -0.05) is 0 Å². The lowest BCUT2D eigenvalue weighted by Gasteiger charge is -1.99. The van der Waals surface area contributed by atoms with Crippen molar-refractivity contribution in [1.29, 1.82) is 0 Å². The van der Waals surface area contributed by atoms with Gasteiger partial charge in [0.15, 0.2) is 0 Å². The summed E-state index contributed by atoms with van der Waals surface area (Å²) in [6.07, 6.45) is 3.27. The van der Waals surface area contributed by atoms with Gasteiger partial charge in [0.05, 0.1) is 12.0 Å². The summed E-state index contributed by atoms with van der Waals surface area (Å²) in [6, 6.07) is -0.103. The van der Waals surface area contributed by atoms with E-state index in [2.05, 4.69) is 4.99 Å². The topological polar surface area (TPSA) is 66.7 Å². The molecular formula is C7H9NO3. The average Bonchev–Trinajstić information content (AvgIpc) is 2.37. The number of isocyanates is 1. The first-order valence-corrected chi connectivity index (χ1v) is 3.54. The minimum absolute atomic E-state index is 0.103.